The summed E-state index contributed by atoms with van der Waals surface area (Å²) in [6.07, 6.45) is 2.18. The first kappa shape index (κ1) is 30.8. The second kappa shape index (κ2) is 14.5. The highest BCUT2D eigenvalue weighted by atomic mass is 32.2. The lowest BCUT2D eigenvalue weighted by molar-refractivity contribution is -0.149. The summed E-state index contributed by atoms with van der Waals surface area (Å²) >= 11 is 2.44. The third-order valence-corrected chi connectivity index (χ3v) is 7.15. The van der Waals surface area contributed by atoms with Crippen LogP contribution in [0.1, 0.15) is 54.9 Å². The van der Waals surface area contributed by atoms with Gasteiger partial charge in [-0.1, -0.05) is 17.7 Å². The van der Waals surface area contributed by atoms with Crippen LogP contribution in [-0.2, 0) is 19.1 Å². The lowest BCUT2D eigenvalue weighted by Crippen LogP contribution is -2.43. The molecule has 0 spiro atoms. The lowest BCUT2D eigenvalue weighted by atomic mass is 10.1. The van der Waals surface area contributed by atoms with E-state index in [1.807, 2.05) is 19.2 Å². The Bertz CT molecular complexity index is 1190. The summed E-state index contributed by atoms with van der Waals surface area (Å²) in [5, 5.41) is 5.36. The van der Waals surface area contributed by atoms with E-state index in [0.29, 0.717) is 23.3 Å². The van der Waals surface area contributed by atoms with Crippen LogP contribution >= 0.6 is 23.1 Å². The molecule has 1 atom stereocenters. The summed E-state index contributed by atoms with van der Waals surface area (Å²) in [6.45, 7) is 4.57. The molecule has 2 N–H and O–H groups in total. The molecule has 12 heteroatoms. The normalized spacial score (nSPS) is 11.3. The summed E-state index contributed by atoms with van der Waals surface area (Å²) in [5.74, 6) is -2.31. The molecule has 1 aromatic carbocycles. The van der Waals surface area contributed by atoms with Gasteiger partial charge in [-0.3, -0.25) is 14.4 Å². The molecule has 0 bridgehead atoms. The zero-order valence-corrected chi connectivity index (χ0v) is 24.0. The van der Waals surface area contributed by atoms with Crippen molar-refractivity contribution < 1.29 is 33.4 Å². The van der Waals surface area contributed by atoms with Crippen LogP contribution in [0.5, 0.6) is 0 Å². The van der Waals surface area contributed by atoms with E-state index >= 15 is 0 Å². The number of carbonyl (C=O) groups is 5. The Balaban J connectivity index is 2.13. The fourth-order valence-corrected chi connectivity index (χ4v) is 5.07. The van der Waals surface area contributed by atoms with Crippen LogP contribution in [0.3, 0.4) is 0 Å². The van der Waals surface area contributed by atoms with Crippen molar-refractivity contribution in [1.82, 2.24) is 10.2 Å². The van der Waals surface area contributed by atoms with Crippen LogP contribution in [-0.4, -0.2) is 79.9 Å². The molecular formula is C26H33N3O7S2. The minimum absolute atomic E-state index is 0.0741. The van der Waals surface area contributed by atoms with E-state index in [9.17, 15) is 24.0 Å². The van der Waals surface area contributed by atoms with Crippen molar-refractivity contribution in [1.29, 1.82) is 0 Å². The second-order valence-electron chi connectivity index (χ2n) is 8.51. The largest absolute Gasteiger partial charge is 0.462 e. The van der Waals surface area contributed by atoms with Gasteiger partial charge in [-0.25, -0.2) is 9.59 Å². The molecule has 0 saturated heterocycles. The zero-order valence-electron chi connectivity index (χ0n) is 22.3. The summed E-state index contributed by atoms with van der Waals surface area (Å²) in [4.78, 5) is 64.9. The molecule has 0 aliphatic heterocycles. The molecule has 1 heterocycles. The monoisotopic (exact) mass is 563 g/mol. The number of ether oxygens (including phenoxy) is 2. The number of hydrogen-bond donors (Lipinski definition) is 2. The number of thiophene rings is 1. The molecule has 0 fully saturated rings. The Morgan fingerprint density at radius 1 is 1.11 bits per heavy atom. The van der Waals surface area contributed by atoms with Crippen molar-refractivity contribution in [3.05, 3.63) is 51.4 Å². The SMILES string of the molecule is CCOC(=O)c1c(NC(=O)COC(=O)C(CCSC)NC(=O)c2cccc(C)c2)sc(C(=O)N(C)C)c1C. The van der Waals surface area contributed by atoms with E-state index < -0.39 is 36.4 Å². The molecule has 2 rings (SSSR count). The number of hydrogen-bond acceptors (Lipinski definition) is 9. The number of aryl methyl sites for hydroxylation is 1. The number of thioether (sulfide) groups is 1. The van der Waals surface area contributed by atoms with Gasteiger partial charge >= 0.3 is 11.9 Å². The van der Waals surface area contributed by atoms with Crippen molar-refractivity contribution in [2.75, 3.05) is 44.6 Å². The quantitative estimate of drug-likeness (QED) is 0.376. The average Bonchev–Trinajstić information content (AvgIpc) is 3.19. The van der Waals surface area contributed by atoms with Crippen LogP contribution in [0.15, 0.2) is 24.3 Å². The topological polar surface area (TPSA) is 131 Å². The second-order valence-corrected chi connectivity index (χ2v) is 10.5. The fourth-order valence-electron chi connectivity index (χ4n) is 3.37. The van der Waals surface area contributed by atoms with Crippen LogP contribution in [0.2, 0.25) is 0 Å². The van der Waals surface area contributed by atoms with Gasteiger partial charge in [0.25, 0.3) is 17.7 Å². The third kappa shape index (κ3) is 8.32. The van der Waals surface area contributed by atoms with Gasteiger partial charge in [0.05, 0.1) is 17.0 Å². The Hall–Kier alpha value is -3.38. The van der Waals surface area contributed by atoms with E-state index in [1.165, 1.54) is 16.7 Å². The zero-order chi connectivity index (χ0) is 28.4. The highest BCUT2D eigenvalue weighted by Crippen LogP contribution is 2.34. The van der Waals surface area contributed by atoms with Gasteiger partial charge in [0, 0.05) is 19.7 Å². The van der Waals surface area contributed by atoms with Gasteiger partial charge in [-0.2, -0.15) is 11.8 Å². The number of rotatable bonds is 12. The molecular weight excluding hydrogens is 530 g/mol. The Labute approximate surface area is 230 Å². The maximum atomic E-state index is 12.8. The van der Waals surface area contributed by atoms with Gasteiger partial charge in [0.2, 0.25) is 0 Å². The summed E-state index contributed by atoms with van der Waals surface area (Å²) in [7, 11) is 3.16. The molecule has 0 saturated carbocycles. The molecule has 38 heavy (non-hydrogen) atoms. The molecule has 0 aliphatic carbocycles. The molecule has 206 valence electrons. The third-order valence-electron chi connectivity index (χ3n) is 5.31. The number of benzene rings is 1. The van der Waals surface area contributed by atoms with Crippen LogP contribution in [0, 0.1) is 13.8 Å². The first-order valence-electron chi connectivity index (χ1n) is 11.8. The van der Waals surface area contributed by atoms with Crippen molar-refractivity contribution in [2.45, 2.75) is 33.2 Å². The Morgan fingerprint density at radius 2 is 1.82 bits per heavy atom. The maximum Gasteiger partial charge on any atom is 0.341 e. The van der Waals surface area contributed by atoms with Gasteiger partial charge < -0.3 is 25.0 Å². The number of amides is 3. The van der Waals surface area contributed by atoms with Gasteiger partial charge in [-0.15, -0.1) is 11.3 Å². The Kier molecular flexibility index (Phi) is 11.8. The van der Waals surface area contributed by atoms with E-state index in [1.54, 1.807) is 46.1 Å². The van der Waals surface area contributed by atoms with Crippen molar-refractivity contribution in [2.24, 2.45) is 0 Å². The smallest absolute Gasteiger partial charge is 0.341 e. The highest BCUT2D eigenvalue weighted by Gasteiger charge is 2.28. The maximum absolute atomic E-state index is 12.8. The summed E-state index contributed by atoms with van der Waals surface area (Å²) in [5.41, 5.74) is 1.77. The van der Waals surface area contributed by atoms with Crippen LogP contribution < -0.4 is 10.6 Å². The van der Waals surface area contributed by atoms with E-state index in [4.69, 9.17) is 9.47 Å². The summed E-state index contributed by atoms with van der Waals surface area (Å²) in [6, 6.07) is 6.01. The number of anilines is 1. The highest BCUT2D eigenvalue weighted by molar-refractivity contribution is 7.98. The molecule has 0 aliphatic rings. The van der Waals surface area contributed by atoms with E-state index in [0.717, 1.165) is 16.9 Å². The van der Waals surface area contributed by atoms with Gasteiger partial charge in [0.1, 0.15) is 11.0 Å². The molecule has 1 aromatic heterocycles. The van der Waals surface area contributed by atoms with Gasteiger partial charge in [-0.05, 0) is 56.9 Å². The lowest BCUT2D eigenvalue weighted by Gasteiger charge is -2.17. The fraction of sp³-hybridized carbons (Fsp3) is 0.423. The molecule has 0 radical (unpaired) electrons. The predicted octanol–water partition coefficient (Wildman–Crippen LogP) is 3.28. The van der Waals surface area contributed by atoms with Crippen molar-refractivity contribution >= 4 is 57.8 Å². The van der Waals surface area contributed by atoms with E-state index in [-0.39, 0.29) is 28.0 Å². The first-order valence-corrected chi connectivity index (χ1v) is 14.1. The van der Waals surface area contributed by atoms with Gasteiger partial charge in [0.15, 0.2) is 6.61 Å². The molecule has 10 nitrogen and oxygen atoms in total. The first-order chi connectivity index (χ1) is 18.0. The average molecular weight is 564 g/mol. The Morgan fingerprint density at radius 3 is 2.42 bits per heavy atom. The van der Waals surface area contributed by atoms with Crippen molar-refractivity contribution in [3.63, 3.8) is 0 Å². The van der Waals surface area contributed by atoms with Crippen LogP contribution in [0.4, 0.5) is 5.00 Å². The van der Waals surface area contributed by atoms with Crippen molar-refractivity contribution in [3.8, 4) is 0 Å². The standard InChI is InChI=1S/C26H33N3O7S2/c1-7-35-26(34)20-16(3)21(24(32)29(4)5)38-23(20)28-19(30)14-36-25(33)18(11-12-37-6)27-22(31)17-10-8-9-15(2)13-17/h8-10,13,18H,7,11-12,14H2,1-6H3,(H,27,31)(H,28,30). The molecule has 3 amide bonds. The number of nitrogens with one attached hydrogen (secondary N) is 2. The minimum atomic E-state index is -0.952. The minimum Gasteiger partial charge on any atom is -0.462 e. The van der Waals surface area contributed by atoms with Crippen LogP contribution in [0.25, 0.3) is 0 Å². The number of carbonyl (C=O) groups excluding carboxylic acids is 5. The number of esters is 2. The number of nitrogens with zero attached hydrogens (tertiary/aromatic N) is 1. The summed E-state index contributed by atoms with van der Waals surface area (Å²) < 4.78 is 10.3. The predicted molar refractivity (Wildman–Crippen MR) is 148 cm³/mol. The van der Waals surface area contributed by atoms with E-state index in [2.05, 4.69) is 10.6 Å². The molecule has 1 unspecified atom stereocenters. The molecule has 2 aromatic rings.